The van der Waals surface area contributed by atoms with E-state index in [0.29, 0.717) is 0 Å². The second-order valence-electron chi connectivity index (χ2n) is 0.894. The molecule has 22 heavy (non-hydrogen) atoms. The molecule has 0 fully saturated rings. The van der Waals surface area contributed by atoms with E-state index < -0.39 is 20.3 Å². The molecule has 0 aromatic carbocycles. The van der Waals surface area contributed by atoms with Crippen LogP contribution in [0.2, 0.25) is 0 Å². The van der Waals surface area contributed by atoms with Crippen molar-refractivity contribution in [2.45, 2.75) is 0 Å². The molecule has 0 amide bonds. The summed E-state index contributed by atoms with van der Waals surface area (Å²) < 4.78 is 0. The summed E-state index contributed by atoms with van der Waals surface area (Å²) in [5, 5.41) is 59.0. The average molecular weight is 434 g/mol. The first-order valence-electron chi connectivity index (χ1n) is 2.19. The minimum atomic E-state index is -1.75. The van der Waals surface area contributed by atoms with Gasteiger partial charge in [-0.3, -0.25) is 0 Å². The van der Waals surface area contributed by atoms with Crippen LogP contribution in [0, 0.1) is 61.3 Å². The van der Waals surface area contributed by atoms with Gasteiger partial charge in [0.2, 0.25) is 0 Å². The van der Waals surface area contributed by atoms with E-state index in [1.54, 1.807) is 0 Å². The first-order valence-corrected chi connectivity index (χ1v) is 2.19. The zero-order chi connectivity index (χ0) is 14.3. The molecule has 0 aliphatic heterocycles. The summed E-state index contributed by atoms with van der Waals surface area (Å²) >= 11 is 0. The van der Waals surface area contributed by atoms with Gasteiger partial charge in [-0.1, -0.05) is 0 Å². The van der Waals surface area contributed by atoms with E-state index >= 15 is 0 Å². The van der Waals surface area contributed by atoms with Crippen molar-refractivity contribution in [1.29, 1.82) is 0 Å². The van der Waals surface area contributed by atoms with Crippen molar-refractivity contribution in [1.82, 2.24) is 0 Å². The molecular formula is H10MoN4O17. The number of hydrogen-bond donors (Lipinski definition) is 0. The summed E-state index contributed by atoms with van der Waals surface area (Å²) in [5.74, 6) is 0. The summed E-state index contributed by atoms with van der Waals surface area (Å²) in [6.07, 6.45) is 0. The van der Waals surface area contributed by atoms with Crippen molar-refractivity contribution in [3.8, 4) is 0 Å². The second-order valence-corrected chi connectivity index (χ2v) is 0.894. The third kappa shape index (κ3) is 624. The van der Waals surface area contributed by atoms with E-state index in [0.717, 1.165) is 0 Å². The van der Waals surface area contributed by atoms with Crippen molar-refractivity contribution in [2.24, 2.45) is 0 Å². The van der Waals surface area contributed by atoms with Crippen LogP contribution in [0.25, 0.3) is 0 Å². The quantitative estimate of drug-likeness (QED) is 0.196. The smallest absolute Gasteiger partial charge is 0.412 e. The van der Waals surface area contributed by atoms with Crippen LogP contribution in [0.4, 0.5) is 0 Å². The molecule has 0 aliphatic carbocycles. The van der Waals surface area contributed by atoms with Crippen LogP contribution in [0.5, 0.6) is 0 Å². The van der Waals surface area contributed by atoms with Gasteiger partial charge < -0.3 is 88.7 Å². The van der Waals surface area contributed by atoms with E-state index in [1.807, 2.05) is 0 Å². The van der Waals surface area contributed by atoms with E-state index in [9.17, 15) is 0 Å². The molecule has 0 atom stereocenters. The van der Waals surface area contributed by atoms with Crippen molar-refractivity contribution >= 4 is 0 Å². The molecule has 138 valence electrons. The Morgan fingerprint density at radius 2 is 0.364 bits per heavy atom. The standard InChI is InChI=1S/Mo.4NO3.5H2O/c;4*2-1(3)4;;;;;/h;;;;;5*1H2/q+4;4*-1;;;;;. The van der Waals surface area contributed by atoms with Crippen LogP contribution in [-0.2, 0) is 21.1 Å². The van der Waals surface area contributed by atoms with Gasteiger partial charge in [0.25, 0.3) is 0 Å². The number of nitrogens with zero attached hydrogens (tertiary/aromatic N) is 4. The summed E-state index contributed by atoms with van der Waals surface area (Å²) in [4.78, 5) is 33.0. The zero-order valence-electron chi connectivity index (χ0n) is 9.60. The minimum Gasteiger partial charge on any atom is -0.412 e. The Hall–Kier alpha value is -2.71. The summed E-state index contributed by atoms with van der Waals surface area (Å²) in [6, 6.07) is 0. The van der Waals surface area contributed by atoms with E-state index in [1.165, 1.54) is 0 Å². The number of rotatable bonds is 0. The maximum Gasteiger partial charge on any atom is 4.00 e. The molecule has 0 aromatic heterocycles. The average Bonchev–Trinajstić information content (AvgIpc) is 1.76. The van der Waals surface area contributed by atoms with E-state index in [2.05, 4.69) is 0 Å². The molecular weight excluding hydrogens is 424 g/mol. The Balaban J connectivity index is -0.00000001000. The Labute approximate surface area is 131 Å². The molecule has 0 spiro atoms. The molecule has 0 heterocycles. The van der Waals surface area contributed by atoms with Gasteiger partial charge in [-0.05, 0) is 0 Å². The fourth-order valence-corrected chi connectivity index (χ4v) is 0. The molecule has 0 aromatic rings. The molecule has 21 nitrogen and oxygen atoms in total. The third-order valence-corrected chi connectivity index (χ3v) is 0. The fourth-order valence-electron chi connectivity index (χ4n) is 0. The Bertz CT molecular complexity index is 161. The first-order chi connectivity index (χ1) is 6.93. The molecule has 10 N–H and O–H groups in total. The second kappa shape index (κ2) is 63.4. The van der Waals surface area contributed by atoms with Crippen molar-refractivity contribution < 1.29 is 68.8 Å². The molecule has 0 unspecified atom stereocenters. The van der Waals surface area contributed by atoms with Crippen LogP contribution in [0.15, 0.2) is 0 Å². The largest absolute Gasteiger partial charge is 4.00 e. The Morgan fingerprint density at radius 1 is 0.364 bits per heavy atom. The van der Waals surface area contributed by atoms with Gasteiger partial charge in [-0.25, -0.2) is 0 Å². The van der Waals surface area contributed by atoms with E-state index in [4.69, 9.17) is 61.3 Å². The van der Waals surface area contributed by atoms with Gasteiger partial charge in [-0.15, -0.1) is 0 Å². The first kappa shape index (κ1) is 74.8. The fraction of sp³-hybridized carbons (Fsp3) is 0. The van der Waals surface area contributed by atoms with Crippen LogP contribution in [-0.4, -0.2) is 47.7 Å². The Morgan fingerprint density at radius 3 is 0.364 bits per heavy atom. The van der Waals surface area contributed by atoms with Gasteiger partial charge in [0, 0.05) is 0 Å². The van der Waals surface area contributed by atoms with Crippen LogP contribution < -0.4 is 0 Å². The normalized spacial score (nSPS) is 4.36. The maximum atomic E-state index is 8.25. The van der Waals surface area contributed by atoms with Gasteiger partial charge in [0.05, 0.1) is 20.3 Å². The molecule has 0 bridgehead atoms. The third-order valence-electron chi connectivity index (χ3n) is 0. The minimum absolute atomic E-state index is 0. The summed E-state index contributed by atoms with van der Waals surface area (Å²) in [7, 11) is 0. The van der Waals surface area contributed by atoms with Gasteiger partial charge in [-0.2, -0.15) is 0 Å². The van der Waals surface area contributed by atoms with Gasteiger partial charge >= 0.3 is 21.1 Å². The SMILES string of the molecule is O.O.O.O.O.O=[N+]([O-])[O-].O=[N+]([O-])[O-].O=[N+]([O-])[O-].O=[N+]([O-])[O-].[Mo+4]. The predicted octanol–water partition coefficient (Wildman–Crippen LogP) is -5.08. The van der Waals surface area contributed by atoms with Crippen LogP contribution in [0.3, 0.4) is 0 Å². The monoisotopic (exact) mass is 436 g/mol. The molecule has 0 radical (unpaired) electrons. The van der Waals surface area contributed by atoms with Crippen LogP contribution in [0.1, 0.15) is 0 Å². The zero-order valence-corrected chi connectivity index (χ0v) is 11.6. The molecule has 22 heteroatoms. The van der Waals surface area contributed by atoms with Crippen molar-refractivity contribution in [3.63, 3.8) is 0 Å². The number of hydrogen-bond acceptors (Lipinski definition) is 12. The topological polar surface area (TPSA) is 422 Å². The molecule has 0 saturated heterocycles. The van der Waals surface area contributed by atoms with Crippen LogP contribution >= 0.6 is 0 Å². The van der Waals surface area contributed by atoms with E-state index in [-0.39, 0.29) is 48.4 Å². The molecule has 0 saturated carbocycles. The summed E-state index contributed by atoms with van der Waals surface area (Å²) in [5.41, 5.74) is 0. The predicted molar refractivity (Wildman–Crippen MR) is 59.5 cm³/mol. The maximum absolute atomic E-state index is 8.25. The van der Waals surface area contributed by atoms with Gasteiger partial charge in [0.1, 0.15) is 0 Å². The van der Waals surface area contributed by atoms with Crippen molar-refractivity contribution in [2.75, 3.05) is 0 Å². The van der Waals surface area contributed by atoms with Crippen molar-refractivity contribution in [3.05, 3.63) is 61.3 Å². The summed E-state index contributed by atoms with van der Waals surface area (Å²) in [6.45, 7) is 0. The molecule has 0 rings (SSSR count). The van der Waals surface area contributed by atoms with Gasteiger partial charge in [0.15, 0.2) is 0 Å². The Kier molecular flexibility index (Phi) is 215. The molecule has 0 aliphatic rings.